The number of carbonyl (C=O) groups is 2. The maximum absolute atomic E-state index is 12.8. The van der Waals surface area contributed by atoms with Crippen LogP contribution in [0.1, 0.15) is 48.2 Å². The summed E-state index contributed by atoms with van der Waals surface area (Å²) >= 11 is 0. The fourth-order valence-electron chi connectivity index (χ4n) is 3.57. The zero-order chi connectivity index (χ0) is 23.3. The van der Waals surface area contributed by atoms with Gasteiger partial charge < -0.3 is 10.2 Å². The second kappa shape index (κ2) is 10.3. The summed E-state index contributed by atoms with van der Waals surface area (Å²) in [4.78, 5) is 27.4. The fraction of sp³-hybridized carbons (Fsp3) is 0.417. The second-order valence-electron chi connectivity index (χ2n) is 8.04. The van der Waals surface area contributed by atoms with Crippen LogP contribution < -0.4 is 5.32 Å². The lowest BCUT2D eigenvalue weighted by Crippen LogP contribution is -2.41. The van der Waals surface area contributed by atoms with Crippen LogP contribution >= 0.6 is 0 Å². The smallest absolute Gasteiger partial charge is 0.251 e. The first-order valence-electron chi connectivity index (χ1n) is 11.0. The molecular weight excluding hydrogens is 426 g/mol. The van der Waals surface area contributed by atoms with Crippen molar-refractivity contribution >= 4 is 21.8 Å². The van der Waals surface area contributed by atoms with Gasteiger partial charge in [0, 0.05) is 31.2 Å². The quantitative estimate of drug-likeness (QED) is 0.594. The zero-order valence-electron chi connectivity index (χ0n) is 18.9. The molecule has 0 saturated heterocycles. The van der Waals surface area contributed by atoms with Crippen LogP contribution in [0.25, 0.3) is 0 Å². The molecule has 0 radical (unpaired) electrons. The van der Waals surface area contributed by atoms with Crippen molar-refractivity contribution in [3.63, 3.8) is 0 Å². The van der Waals surface area contributed by atoms with Crippen molar-refractivity contribution in [2.24, 2.45) is 0 Å². The second-order valence-corrected chi connectivity index (χ2v) is 9.98. The summed E-state index contributed by atoms with van der Waals surface area (Å²) in [7, 11) is -3.66. The van der Waals surface area contributed by atoms with Gasteiger partial charge in [-0.15, -0.1) is 0 Å². The molecule has 0 heterocycles. The van der Waals surface area contributed by atoms with Gasteiger partial charge in [-0.05, 0) is 43.5 Å². The first-order valence-corrected chi connectivity index (χ1v) is 12.4. The van der Waals surface area contributed by atoms with Crippen LogP contribution in [-0.4, -0.2) is 55.1 Å². The fourth-order valence-corrected chi connectivity index (χ4v) is 5.07. The minimum atomic E-state index is -3.66. The van der Waals surface area contributed by atoms with Crippen LogP contribution in [-0.2, 0) is 21.4 Å². The lowest BCUT2D eigenvalue weighted by Gasteiger charge is -2.23. The van der Waals surface area contributed by atoms with Gasteiger partial charge in [0.25, 0.3) is 5.91 Å². The third-order valence-corrected chi connectivity index (χ3v) is 7.67. The zero-order valence-corrected chi connectivity index (χ0v) is 19.7. The van der Waals surface area contributed by atoms with Gasteiger partial charge in [-0.1, -0.05) is 49.7 Å². The van der Waals surface area contributed by atoms with Gasteiger partial charge in [0.2, 0.25) is 15.9 Å². The van der Waals surface area contributed by atoms with E-state index in [-0.39, 0.29) is 29.0 Å². The summed E-state index contributed by atoms with van der Waals surface area (Å²) in [5.41, 5.74) is 2.43. The average molecular weight is 458 g/mol. The maximum Gasteiger partial charge on any atom is 0.251 e. The molecule has 0 atom stereocenters. The number of aryl methyl sites for hydroxylation is 1. The first-order chi connectivity index (χ1) is 15.3. The van der Waals surface area contributed by atoms with E-state index < -0.39 is 15.9 Å². The summed E-state index contributed by atoms with van der Waals surface area (Å²) in [6.07, 6.45) is 1.94. The molecule has 3 rings (SSSR count). The van der Waals surface area contributed by atoms with Crippen molar-refractivity contribution < 1.29 is 18.0 Å². The number of benzene rings is 2. The minimum Gasteiger partial charge on any atom is -0.343 e. The van der Waals surface area contributed by atoms with Crippen LogP contribution in [0.5, 0.6) is 0 Å². The van der Waals surface area contributed by atoms with Crippen molar-refractivity contribution in [3.8, 4) is 0 Å². The third-order valence-electron chi connectivity index (χ3n) is 5.62. The van der Waals surface area contributed by atoms with E-state index in [1.807, 2.05) is 36.1 Å². The van der Waals surface area contributed by atoms with Gasteiger partial charge in [0.15, 0.2) is 0 Å². The molecule has 0 spiro atoms. The van der Waals surface area contributed by atoms with Crippen molar-refractivity contribution in [3.05, 3.63) is 65.2 Å². The largest absolute Gasteiger partial charge is 0.343 e. The molecular formula is C24H31N3O4S. The Bertz CT molecular complexity index is 1060. The number of nitrogens with one attached hydrogen (secondary N) is 1. The number of hydrogen-bond donors (Lipinski definition) is 1. The Morgan fingerprint density at radius 2 is 1.69 bits per heavy atom. The third kappa shape index (κ3) is 5.75. The van der Waals surface area contributed by atoms with Crippen LogP contribution in [0.3, 0.4) is 0 Å². The summed E-state index contributed by atoms with van der Waals surface area (Å²) in [5, 5.41) is 2.65. The van der Waals surface area contributed by atoms with E-state index in [1.165, 1.54) is 16.4 Å². The highest BCUT2D eigenvalue weighted by Gasteiger charge is 2.32. The molecule has 0 bridgehead atoms. The van der Waals surface area contributed by atoms with Crippen molar-refractivity contribution in [2.45, 2.75) is 51.1 Å². The Labute approximate surface area is 190 Å². The Morgan fingerprint density at radius 3 is 2.28 bits per heavy atom. The SMILES string of the molecule is CCN(CC)S(=O)(=O)c1cccc(C(=O)NCC(=O)N(Cc2ccc(C)cc2)C2CC2)c1. The predicted octanol–water partition coefficient (Wildman–Crippen LogP) is 2.95. The van der Waals surface area contributed by atoms with E-state index in [0.29, 0.717) is 19.6 Å². The molecule has 0 aromatic heterocycles. The average Bonchev–Trinajstić information content (AvgIpc) is 3.63. The Morgan fingerprint density at radius 1 is 1.03 bits per heavy atom. The molecule has 7 nitrogen and oxygen atoms in total. The number of nitrogens with zero attached hydrogens (tertiary/aromatic N) is 2. The minimum absolute atomic E-state index is 0.0687. The molecule has 1 saturated carbocycles. The Hall–Kier alpha value is -2.71. The molecule has 32 heavy (non-hydrogen) atoms. The molecule has 8 heteroatoms. The number of carbonyl (C=O) groups excluding carboxylic acids is 2. The van der Waals surface area contributed by atoms with E-state index in [2.05, 4.69) is 5.32 Å². The van der Waals surface area contributed by atoms with Crippen LogP contribution in [0.4, 0.5) is 0 Å². The monoisotopic (exact) mass is 457 g/mol. The molecule has 1 fully saturated rings. The van der Waals surface area contributed by atoms with E-state index in [0.717, 1.165) is 24.0 Å². The van der Waals surface area contributed by atoms with Crippen LogP contribution in [0, 0.1) is 6.92 Å². The standard InChI is InChI=1S/C24H31N3O4S/c1-4-26(5-2)32(30,31)22-8-6-7-20(15-22)24(29)25-16-23(28)27(21-13-14-21)17-19-11-9-18(3)10-12-19/h6-12,15,21H,4-5,13-14,16-17H2,1-3H3,(H,25,29). The number of hydrogen-bond acceptors (Lipinski definition) is 4. The lowest BCUT2D eigenvalue weighted by molar-refractivity contribution is -0.131. The van der Waals surface area contributed by atoms with Gasteiger partial charge in [-0.2, -0.15) is 4.31 Å². The maximum atomic E-state index is 12.8. The highest BCUT2D eigenvalue weighted by atomic mass is 32.2. The summed E-state index contributed by atoms with van der Waals surface area (Å²) in [6.45, 7) is 6.64. The van der Waals surface area contributed by atoms with E-state index in [9.17, 15) is 18.0 Å². The summed E-state index contributed by atoms with van der Waals surface area (Å²) in [5.74, 6) is -0.616. The van der Waals surface area contributed by atoms with E-state index >= 15 is 0 Å². The first kappa shape index (κ1) is 23.9. The highest BCUT2D eigenvalue weighted by molar-refractivity contribution is 7.89. The Balaban J connectivity index is 1.65. The molecule has 2 aromatic carbocycles. The van der Waals surface area contributed by atoms with Crippen molar-refractivity contribution in [2.75, 3.05) is 19.6 Å². The van der Waals surface area contributed by atoms with Gasteiger partial charge in [-0.25, -0.2) is 8.42 Å². The number of sulfonamides is 1. The summed E-state index contributed by atoms with van der Waals surface area (Å²) < 4.78 is 26.8. The van der Waals surface area contributed by atoms with E-state index in [4.69, 9.17) is 0 Å². The van der Waals surface area contributed by atoms with Crippen molar-refractivity contribution in [1.29, 1.82) is 0 Å². The van der Waals surface area contributed by atoms with Crippen LogP contribution in [0.2, 0.25) is 0 Å². The molecule has 0 unspecified atom stereocenters. The normalized spacial score (nSPS) is 13.8. The number of amides is 2. The van der Waals surface area contributed by atoms with Crippen molar-refractivity contribution in [1.82, 2.24) is 14.5 Å². The number of rotatable bonds is 10. The molecule has 2 aromatic rings. The molecule has 2 amide bonds. The highest BCUT2D eigenvalue weighted by Crippen LogP contribution is 2.28. The van der Waals surface area contributed by atoms with Gasteiger partial charge in [0.05, 0.1) is 11.4 Å². The molecule has 1 aliphatic rings. The topological polar surface area (TPSA) is 86.8 Å². The lowest BCUT2D eigenvalue weighted by atomic mass is 10.1. The summed E-state index contributed by atoms with van der Waals surface area (Å²) in [6, 6.07) is 14.2. The predicted molar refractivity (Wildman–Crippen MR) is 124 cm³/mol. The molecule has 1 N–H and O–H groups in total. The molecule has 0 aliphatic heterocycles. The van der Waals surface area contributed by atoms with Gasteiger partial charge >= 0.3 is 0 Å². The van der Waals surface area contributed by atoms with Crippen LogP contribution in [0.15, 0.2) is 53.4 Å². The molecule has 1 aliphatic carbocycles. The van der Waals surface area contributed by atoms with E-state index in [1.54, 1.807) is 26.0 Å². The van der Waals surface area contributed by atoms with Gasteiger partial charge in [0.1, 0.15) is 0 Å². The molecule has 172 valence electrons. The Kier molecular flexibility index (Phi) is 7.69. The van der Waals surface area contributed by atoms with Gasteiger partial charge in [-0.3, -0.25) is 9.59 Å².